The summed E-state index contributed by atoms with van der Waals surface area (Å²) in [6.45, 7) is 4.41. The number of carbonyl (C=O) groups excluding carboxylic acids is 1. The molecule has 0 spiro atoms. The van der Waals surface area contributed by atoms with Crippen LogP contribution in [-0.4, -0.2) is 23.3 Å². The van der Waals surface area contributed by atoms with Gasteiger partial charge >= 0.3 is 5.97 Å². The van der Waals surface area contributed by atoms with Crippen LogP contribution < -0.4 is 0 Å². The molecule has 0 heterocycles. The van der Waals surface area contributed by atoms with E-state index in [1.165, 1.54) is 38.5 Å². The van der Waals surface area contributed by atoms with Crippen molar-refractivity contribution in [3.63, 3.8) is 0 Å². The van der Waals surface area contributed by atoms with E-state index in [2.05, 4.69) is 19.8 Å². The third kappa shape index (κ3) is 16.5. The van der Waals surface area contributed by atoms with Crippen molar-refractivity contribution in [2.24, 2.45) is 0 Å². The van der Waals surface area contributed by atoms with Gasteiger partial charge in [-0.2, -0.15) is 0 Å². The summed E-state index contributed by atoms with van der Waals surface area (Å²) < 4.78 is 5.73. The van der Waals surface area contributed by atoms with Gasteiger partial charge in [0.15, 0.2) is 0 Å². The van der Waals surface area contributed by atoms with Crippen molar-refractivity contribution in [2.75, 3.05) is 0 Å². The molecule has 0 aromatic heterocycles. The molecule has 3 nitrogen and oxygen atoms in total. The van der Waals surface area contributed by atoms with E-state index in [0.717, 1.165) is 51.4 Å². The fourth-order valence-corrected chi connectivity index (χ4v) is 3.16. The number of esters is 1. The topological polar surface area (TPSA) is 46.5 Å². The largest absolute Gasteiger partial charge is 0.462 e. The zero-order valence-corrected chi connectivity index (χ0v) is 17.3. The predicted molar refractivity (Wildman–Crippen MR) is 110 cm³/mol. The number of rotatable bonds is 18. The van der Waals surface area contributed by atoms with Crippen LogP contribution >= 0.6 is 0 Å². The van der Waals surface area contributed by atoms with Gasteiger partial charge < -0.3 is 9.84 Å². The molecular formula is C23H42O3. The number of hydrogen-bond donors (Lipinski definition) is 1. The molecule has 0 amide bonds. The number of unbranched alkanes of at least 4 members (excludes halogenated alkanes) is 8. The molecule has 3 heteroatoms. The molecule has 0 aliphatic carbocycles. The number of aliphatic hydroxyl groups excluding tert-OH is 1. The lowest BCUT2D eigenvalue weighted by Gasteiger charge is -2.18. The first-order valence-corrected chi connectivity index (χ1v) is 10.9. The lowest BCUT2D eigenvalue weighted by Crippen LogP contribution is -2.18. The first-order valence-electron chi connectivity index (χ1n) is 10.9. The van der Waals surface area contributed by atoms with Gasteiger partial charge in [0, 0.05) is 12.8 Å². The Labute approximate surface area is 162 Å². The highest BCUT2D eigenvalue weighted by Gasteiger charge is 2.14. The highest BCUT2D eigenvalue weighted by Crippen LogP contribution is 2.16. The van der Waals surface area contributed by atoms with Crippen LogP contribution in [0.25, 0.3) is 0 Å². The Morgan fingerprint density at radius 3 is 2.15 bits per heavy atom. The molecule has 26 heavy (non-hydrogen) atoms. The number of hydrogen-bond acceptors (Lipinski definition) is 3. The smallest absolute Gasteiger partial charge is 0.306 e. The Morgan fingerprint density at radius 1 is 0.885 bits per heavy atom. The van der Waals surface area contributed by atoms with Crippen molar-refractivity contribution in [2.45, 2.75) is 129 Å². The normalized spacial score (nSPS) is 13.2. The average Bonchev–Trinajstić information content (AvgIpc) is 2.62. The lowest BCUT2D eigenvalue weighted by atomic mass is 10.0. The summed E-state index contributed by atoms with van der Waals surface area (Å²) in [5.41, 5.74) is 0. The van der Waals surface area contributed by atoms with Crippen LogP contribution in [0.3, 0.4) is 0 Å². The van der Waals surface area contributed by atoms with E-state index in [1.807, 2.05) is 0 Å². The molecule has 0 saturated carbocycles. The molecule has 2 unspecified atom stereocenters. The minimum Gasteiger partial charge on any atom is -0.462 e. The molecule has 0 radical (unpaired) electrons. The van der Waals surface area contributed by atoms with E-state index < -0.39 is 6.10 Å². The molecule has 152 valence electrons. The van der Waals surface area contributed by atoms with Crippen molar-refractivity contribution in [3.05, 3.63) is 0 Å². The number of terminal acetylenes is 1. The number of ether oxygens (including phenoxy) is 1. The Hall–Kier alpha value is -1.01. The van der Waals surface area contributed by atoms with E-state index in [4.69, 9.17) is 11.2 Å². The first-order chi connectivity index (χ1) is 12.6. The summed E-state index contributed by atoms with van der Waals surface area (Å²) in [6.07, 6.45) is 21.1. The molecule has 0 aliphatic heterocycles. The van der Waals surface area contributed by atoms with Gasteiger partial charge in [-0.25, -0.2) is 0 Å². The van der Waals surface area contributed by atoms with Crippen LogP contribution in [-0.2, 0) is 9.53 Å². The molecule has 0 aliphatic rings. The molecule has 2 atom stereocenters. The minimum atomic E-state index is -0.400. The zero-order valence-electron chi connectivity index (χ0n) is 17.3. The minimum absolute atomic E-state index is 0.0544. The highest BCUT2D eigenvalue weighted by atomic mass is 16.5. The maximum atomic E-state index is 12.1. The van der Waals surface area contributed by atoms with E-state index in [0.29, 0.717) is 12.8 Å². The maximum Gasteiger partial charge on any atom is 0.306 e. The Balaban J connectivity index is 3.86. The Bertz CT molecular complexity index is 359. The van der Waals surface area contributed by atoms with Crippen LogP contribution in [0.5, 0.6) is 0 Å². The summed E-state index contributed by atoms with van der Waals surface area (Å²) in [6, 6.07) is 0. The molecule has 0 aromatic rings. The average molecular weight is 367 g/mol. The van der Waals surface area contributed by atoms with Gasteiger partial charge in [-0.3, -0.25) is 4.79 Å². The third-order valence-corrected chi connectivity index (χ3v) is 4.83. The van der Waals surface area contributed by atoms with Gasteiger partial charge in [-0.05, 0) is 32.1 Å². The fourth-order valence-electron chi connectivity index (χ4n) is 3.16. The van der Waals surface area contributed by atoms with Crippen molar-refractivity contribution in [1.29, 1.82) is 0 Å². The van der Waals surface area contributed by atoms with Gasteiger partial charge in [0.1, 0.15) is 6.10 Å². The molecule has 0 saturated heterocycles. The monoisotopic (exact) mass is 366 g/mol. The van der Waals surface area contributed by atoms with E-state index >= 15 is 0 Å². The van der Waals surface area contributed by atoms with E-state index in [1.54, 1.807) is 0 Å². The van der Waals surface area contributed by atoms with Crippen molar-refractivity contribution < 1.29 is 14.6 Å². The van der Waals surface area contributed by atoms with Crippen molar-refractivity contribution in [3.8, 4) is 12.3 Å². The number of carbonyl (C=O) groups is 1. The Morgan fingerprint density at radius 2 is 1.46 bits per heavy atom. The van der Waals surface area contributed by atoms with Crippen molar-refractivity contribution >= 4 is 5.97 Å². The molecule has 0 aromatic carbocycles. The Kier molecular flexibility index (Phi) is 18.0. The second-order valence-corrected chi connectivity index (χ2v) is 7.47. The zero-order chi connectivity index (χ0) is 19.5. The third-order valence-electron chi connectivity index (χ3n) is 4.83. The summed E-state index contributed by atoms with van der Waals surface area (Å²) in [7, 11) is 0. The molecule has 0 rings (SSSR count). The predicted octanol–water partition coefficient (Wildman–Crippen LogP) is 6.17. The van der Waals surface area contributed by atoms with Crippen LogP contribution in [0.1, 0.15) is 117 Å². The summed E-state index contributed by atoms with van der Waals surface area (Å²) >= 11 is 0. The first kappa shape index (κ1) is 25.0. The van der Waals surface area contributed by atoms with Crippen molar-refractivity contribution in [1.82, 2.24) is 0 Å². The van der Waals surface area contributed by atoms with Gasteiger partial charge in [0.05, 0.1) is 6.10 Å². The SMILES string of the molecule is C#CCC(O)CCCCCC(=O)OC(CCCC)CCCCCCCC. The van der Waals surface area contributed by atoms with Crippen LogP contribution in [0, 0.1) is 12.3 Å². The van der Waals surface area contributed by atoms with Gasteiger partial charge in [-0.1, -0.05) is 71.6 Å². The van der Waals surface area contributed by atoms with Crippen LogP contribution in [0.2, 0.25) is 0 Å². The molecule has 0 bridgehead atoms. The number of aliphatic hydroxyl groups is 1. The standard InChI is InChI=1S/C23H42O3/c1-4-7-9-10-11-14-19-22(18-8-5-2)26-23(25)20-15-12-13-17-21(24)16-6-3/h3,21-22,24H,4-5,7-20H2,1-2H3. The second-order valence-electron chi connectivity index (χ2n) is 7.47. The molecular weight excluding hydrogens is 324 g/mol. The highest BCUT2D eigenvalue weighted by molar-refractivity contribution is 5.69. The maximum absolute atomic E-state index is 12.1. The summed E-state index contributed by atoms with van der Waals surface area (Å²) in [5.74, 6) is 2.42. The quantitative estimate of drug-likeness (QED) is 0.179. The summed E-state index contributed by atoms with van der Waals surface area (Å²) in [5, 5.41) is 9.58. The summed E-state index contributed by atoms with van der Waals surface area (Å²) in [4.78, 5) is 12.1. The molecule has 0 fully saturated rings. The van der Waals surface area contributed by atoms with Gasteiger partial charge in [0.25, 0.3) is 0 Å². The fraction of sp³-hybridized carbons (Fsp3) is 0.870. The van der Waals surface area contributed by atoms with Crippen LogP contribution in [0.4, 0.5) is 0 Å². The second kappa shape index (κ2) is 18.8. The van der Waals surface area contributed by atoms with Crippen LogP contribution in [0.15, 0.2) is 0 Å². The lowest BCUT2D eigenvalue weighted by molar-refractivity contribution is -0.150. The van der Waals surface area contributed by atoms with Gasteiger partial charge in [-0.15, -0.1) is 12.3 Å². The van der Waals surface area contributed by atoms with E-state index in [-0.39, 0.29) is 12.1 Å². The van der Waals surface area contributed by atoms with E-state index in [9.17, 15) is 9.90 Å². The molecule has 1 N–H and O–H groups in total. The van der Waals surface area contributed by atoms with Gasteiger partial charge in [0.2, 0.25) is 0 Å².